The highest BCUT2D eigenvalue weighted by Gasteiger charge is 2.35. The summed E-state index contributed by atoms with van der Waals surface area (Å²) < 4.78 is 29.8. The molecule has 4 nitrogen and oxygen atoms in total. The van der Waals surface area contributed by atoms with Gasteiger partial charge in [0.1, 0.15) is 6.54 Å². The van der Waals surface area contributed by atoms with Crippen molar-refractivity contribution >= 4 is 5.82 Å². The summed E-state index contributed by atoms with van der Waals surface area (Å²) in [6, 6.07) is 7.68. The first-order valence-corrected chi connectivity index (χ1v) is 6.34. The monoisotopic (exact) mass is 280 g/mol. The van der Waals surface area contributed by atoms with E-state index >= 15 is 0 Å². The van der Waals surface area contributed by atoms with Crippen molar-refractivity contribution in [2.45, 2.75) is 38.7 Å². The summed E-state index contributed by atoms with van der Waals surface area (Å²) in [6.45, 7) is 5.09. The first-order valence-electron chi connectivity index (χ1n) is 6.34. The smallest absolute Gasteiger partial charge is 0.292 e. The van der Waals surface area contributed by atoms with Crippen LogP contribution in [0.15, 0.2) is 30.3 Å². The summed E-state index contributed by atoms with van der Waals surface area (Å²) in [7, 11) is 0. The van der Waals surface area contributed by atoms with E-state index in [9.17, 15) is 8.78 Å². The summed E-state index contributed by atoms with van der Waals surface area (Å²) in [5.41, 5.74) is 5.82. The Labute approximate surface area is 116 Å². The van der Waals surface area contributed by atoms with Crippen molar-refractivity contribution in [2.24, 2.45) is 0 Å². The van der Waals surface area contributed by atoms with E-state index in [1.165, 1.54) is 16.8 Å². The number of alkyl halides is 2. The summed E-state index contributed by atoms with van der Waals surface area (Å²) in [6.07, 6.45) is 0. The zero-order chi connectivity index (χ0) is 15.0. The minimum atomic E-state index is -3.03. The molecule has 108 valence electrons. The lowest BCUT2D eigenvalue weighted by Crippen LogP contribution is -2.27. The number of hydrogen-bond acceptors (Lipinski definition) is 3. The lowest BCUT2D eigenvalue weighted by molar-refractivity contribution is -0.0271. The quantitative estimate of drug-likeness (QED) is 0.940. The number of benzene rings is 1. The Bertz CT molecular complexity index is 585. The summed E-state index contributed by atoms with van der Waals surface area (Å²) in [5, 5.41) is 7.47. The van der Waals surface area contributed by atoms with Crippen LogP contribution < -0.4 is 5.73 Å². The zero-order valence-corrected chi connectivity index (χ0v) is 11.8. The van der Waals surface area contributed by atoms with Crippen molar-refractivity contribution in [3.8, 4) is 0 Å². The highest BCUT2D eigenvalue weighted by Crippen LogP contribution is 2.33. The van der Waals surface area contributed by atoms with E-state index in [1.54, 1.807) is 18.2 Å². The number of nitrogens with two attached hydrogens (primary N) is 1. The molecule has 0 unspecified atom stereocenters. The number of hydrogen-bond donors (Lipinski definition) is 1. The van der Waals surface area contributed by atoms with Gasteiger partial charge in [0, 0.05) is 11.0 Å². The van der Waals surface area contributed by atoms with Crippen LogP contribution >= 0.6 is 0 Å². The molecule has 2 N–H and O–H groups in total. The van der Waals surface area contributed by atoms with Crippen molar-refractivity contribution in [1.29, 1.82) is 0 Å². The largest absolute Gasteiger partial charge is 0.381 e. The third kappa shape index (κ3) is 2.79. The molecule has 2 aromatic rings. The second-order valence-electron chi connectivity index (χ2n) is 5.80. The fourth-order valence-electron chi connectivity index (χ4n) is 2.17. The number of anilines is 1. The van der Waals surface area contributed by atoms with Crippen LogP contribution in [0.5, 0.6) is 0 Å². The van der Waals surface area contributed by atoms with Gasteiger partial charge in [-0.1, -0.05) is 56.3 Å². The van der Waals surface area contributed by atoms with Gasteiger partial charge >= 0.3 is 0 Å². The van der Waals surface area contributed by atoms with Crippen LogP contribution in [0.1, 0.15) is 32.0 Å². The Balaban J connectivity index is 2.36. The fourth-order valence-corrected chi connectivity index (χ4v) is 2.17. The van der Waals surface area contributed by atoms with Crippen LogP contribution in [-0.2, 0) is 17.9 Å². The summed E-state index contributed by atoms with van der Waals surface area (Å²) in [5.74, 6) is -2.83. The maximum absolute atomic E-state index is 14.3. The van der Waals surface area contributed by atoms with E-state index in [-0.39, 0.29) is 11.4 Å². The topological polar surface area (TPSA) is 56.7 Å². The molecule has 0 aliphatic rings. The van der Waals surface area contributed by atoms with E-state index < -0.39 is 17.9 Å². The normalized spacial score (nSPS) is 12.7. The van der Waals surface area contributed by atoms with Gasteiger partial charge in [-0.3, -0.25) is 0 Å². The fraction of sp³-hybridized carbons (Fsp3) is 0.429. The van der Waals surface area contributed by atoms with Gasteiger partial charge in [-0.25, -0.2) is 4.68 Å². The zero-order valence-electron chi connectivity index (χ0n) is 11.8. The number of aromatic nitrogens is 3. The molecule has 20 heavy (non-hydrogen) atoms. The Morgan fingerprint density at radius 3 is 2.30 bits per heavy atom. The van der Waals surface area contributed by atoms with E-state index in [0.717, 1.165) is 0 Å². The van der Waals surface area contributed by atoms with E-state index in [4.69, 9.17) is 5.73 Å². The molecule has 1 heterocycles. The van der Waals surface area contributed by atoms with E-state index in [1.807, 2.05) is 20.8 Å². The summed E-state index contributed by atoms with van der Waals surface area (Å²) >= 11 is 0. The van der Waals surface area contributed by atoms with Crippen molar-refractivity contribution in [1.82, 2.24) is 15.0 Å². The van der Waals surface area contributed by atoms with Gasteiger partial charge in [-0.05, 0) is 0 Å². The van der Waals surface area contributed by atoms with Crippen LogP contribution in [0.4, 0.5) is 14.6 Å². The average molecular weight is 280 g/mol. The van der Waals surface area contributed by atoms with Crippen LogP contribution in [0.3, 0.4) is 0 Å². The molecule has 0 atom stereocenters. The average Bonchev–Trinajstić information content (AvgIpc) is 2.70. The Kier molecular flexibility index (Phi) is 3.50. The minimum Gasteiger partial charge on any atom is -0.381 e. The maximum Gasteiger partial charge on any atom is 0.292 e. The second kappa shape index (κ2) is 4.85. The number of rotatable bonds is 3. The molecule has 6 heteroatoms. The van der Waals surface area contributed by atoms with Crippen molar-refractivity contribution in [3.63, 3.8) is 0 Å². The lowest BCUT2D eigenvalue weighted by atomic mass is 9.91. The molecule has 0 fully saturated rings. The van der Waals surface area contributed by atoms with Crippen molar-refractivity contribution in [3.05, 3.63) is 41.6 Å². The van der Waals surface area contributed by atoms with Crippen LogP contribution in [0, 0.1) is 0 Å². The summed E-state index contributed by atoms with van der Waals surface area (Å²) in [4.78, 5) is 0. The standard InChI is InChI=1S/C14H18F2N4/c1-13(2,3)11-12(17)18-19-20(11)9-14(15,16)10-7-5-4-6-8-10/h4-8H,9,17H2,1-3H3. The van der Waals surface area contributed by atoms with Gasteiger partial charge in [0.25, 0.3) is 5.92 Å². The Morgan fingerprint density at radius 1 is 1.15 bits per heavy atom. The Morgan fingerprint density at radius 2 is 1.75 bits per heavy atom. The molecule has 0 saturated carbocycles. The molecule has 0 bridgehead atoms. The molecular weight excluding hydrogens is 262 g/mol. The molecule has 0 aliphatic heterocycles. The van der Waals surface area contributed by atoms with Crippen molar-refractivity contribution in [2.75, 3.05) is 5.73 Å². The predicted molar refractivity (Wildman–Crippen MR) is 73.5 cm³/mol. The minimum absolute atomic E-state index is 0.0473. The molecule has 0 aliphatic carbocycles. The van der Waals surface area contributed by atoms with Gasteiger partial charge in [-0.15, -0.1) is 5.10 Å². The number of halogens is 2. The van der Waals surface area contributed by atoms with Gasteiger partial charge in [0.2, 0.25) is 0 Å². The van der Waals surface area contributed by atoms with Crippen LogP contribution in [0.2, 0.25) is 0 Å². The highest BCUT2D eigenvalue weighted by molar-refractivity contribution is 5.38. The Hall–Kier alpha value is -1.98. The molecular formula is C14H18F2N4. The molecule has 0 amide bonds. The molecule has 1 aromatic heterocycles. The second-order valence-corrected chi connectivity index (χ2v) is 5.80. The van der Waals surface area contributed by atoms with E-state index in [2.05, 4.69) is 10.3 Å². The van der Waals surface area contributed by atoms with Gasteiger partial charge < -0.3 is 5.73 Å². The molecule has 2 rings (SSSR count). The molecule has 0 spiro atoms. The maximum atomic E-state index is 14.3. The van der Waals surface area contributed by atoms with Crippen LogP contribution in [0.25, 0.3) is 0 Å². The lowest BCUT2D eigenvalue weighted by Gasteiger charge is -2.23. The van der Waals surface area contributed by atoms with Gasteiger partial charge in [-0.2, -0.15) is 8.78 Å². The number of nitrogen functional groups attached to an aromatic ring is 1. The SMILES string of the molecule is CC(C)(C)c1c(N)nnn1CC(F)(F)c1ccccc1. The predicted octanol–water partition coefficient (Wildman–Crippen LogP) is 2.95. The first kappa shape index (κ1) is 14.4. The van der Waals surface area contributed by atoms with E-state index in [0.29, 0.717) is 5.69 Å². The molecule has 0 saturated heterocycles. The number of nitrogens with zero attached hydrogens (tertiary/aromatic N) is 3. The van der Waals surface area contributed by atoms with Crippen LogP contribution in [-0.4, -0.2) is 15.0 Å². The third-order valence-corrected chi connectivity index (χ3v) is 3.02. The van der Waals surface area contributed by atoms with Crippen molar-refractivity contribution < 1.29 is 8.78 Å². The first-order chi connectivity index (χ1) is 9.22. The molecule has 0 radical (unpaired) electrons. The third-order valence-electron chi connectivity index (χ3n) is 3.02. The molecule has 1 aromatic carbocycles. The van der Waals surface area contributed by atoms with Gasteiger partial charge in [0.05, 0.1) is 5.69 Å². The van der Waals surface area contributed by atoms with Gasteiger partial charge in [0.15, 0.2) is 5.82 Å². The highest BCUT2D eigenvalue weighted by atomic mass is 19.3.